The van der Waals surface area contributed by atoms with E-state index in [4.69, 9.17) is 4.42 Å². The van der Waals surface area contributed by atoms with E-state index in [1.54, 1.807) is 0 Å². The molecule has 26 heavy (non-hydrogen) atoms. The topological polar surface area (TPSA) is 77.1 Å². The molecule has 1 heterocycles. The van der Waals surface area contributed by atoms with E-state index in [1.165, 1.54) is 24.3 Å². The Bertz CT molecular complexity index is 965. The minimum Gasteiger partial charge on any atom is -0.388 e. The number of aromatic nitrogens is 2. The minimum absolute atomic E-state index is 0.0313. The van der Waals surface area contributed by atoms with Crippen LogP contribution in [0.4, 0.5) is 4.39 Å². The molecule has 0 bridgehead atoms. The highest BCUT2D eigenvalue weighted by Crippen LogP contribution is 2.17. The Balaban J connectivity index is 1.68. The van der Waals surface area contributed by atoms with E-state index in [2.05, 4.69) is 26.3 Å². The van der Waals surface area contributed by atoms with E-state index in [9.17, 15) is 14.0 Å². The monoisotopic (exact) mass is 419 g/mol. The summed E-state index contributed by atoms with van der Waals surface area (Å²) in [5.41, 5.74) is 1.38. The number of hydrogen-bond acceptors (Lipinski definition) is 4. The van der Waals surface area contributed by atoms with Gasteiger partial charge >= 0.3 is 5.76 Å². The number of amides is 1. The van der Waals surface area contributed by atoms with Crippen LogP contribution in [0.2, 0.25) is 0 Å². The van der Waals surface area contributed by atoms with Crippen LogP contribution in [-0.4, -0.2) is 15.7 Å². The molecule has 6 nitrogen and oxygen atoms in total. The average molecular weight is 420 g/mol. The van der Waals surface area contributed by atoms with Crippen molar-refractivity contribution in [3.63, 3.8) is 0 Å². The molecular formula is C18H15BrFN3O3. The highest BCUT2D eigenvalue weighted by atomic mass is 79.9. The number of carbonyl (C=O) groups excluding carboxylic acids is 1. The molecule has 134 valence electrons. The quantitative estimate of drug-likeness (QED) is 0.688. The molecular weight excluding hydrogens is 405 g/mol. The number of carbonyl (C=O) groups is 1. The second-order valence-corrected chi connectivity index (χ2v) is 6.59. The lowest BCUT2D eigenvalue weighted by Gasteiger charge is -2.14. The molecule has 1 atom stereocenters. The maximum atomic E-state index is 13.0. The van der Waals surface area contributed by atoms with Crippen LogP contribution in [0.25, 0.3) is 11.5 Å². The second kappa shape index (κ2) is 7.65. The first-order chi connectivity index (χ1) is 12.4. The molecule has 0 aliphatic heterocycles. The zero-order valence-electron chi connectivity index (χ0n) is 13.8. The fourth-order valence-corrected chi connectivity index (χ4v) is 2.64. The first-order valence-corrected chi connectivity index (χ1v) is 8.60. The summed E-state index contributed by atoms with van der Waals surface area (Å²) in [6.07, 6.45) is 0. The van der Waals surface area contributed by atoms with Crippen LogP contribution in [0, 0.1) is 5.82 Å². The summed E-state index contributed by atoms with van der Waals surface area (Å²) in [7, 11) is 0. The normalized spacial score (nSPS) is 12.0. The van der Waals surface area contributed by atoms with Crippen LogP contribution >= 0.6 is 15.9 Å². The summed E-state index contributed by atoms with van der Waals surface area (Å²) in [6, 6.07) is 12.7. The molecule has 2 aromatic carbocycles. The summed E-state index contributed by atoms with van der Waals surface area (Å²) >= 11 is 3.36. The van der Waals surface area contributed by atoms with E-state index in [-0.39, 0.29) is 24.4 Å². The zero-order chi connectivity index (χ0) is 18.7. The van der Waals surface area contributed by atoms with Crippen molar-refractivity contribution in [3.05, 3.63) is 74.9 Å². The Hall–Kier alpha value is -2.74. The Labute approximate surface area is 156 Å². The zero-order valence-corrected chi connectivity index (χ0v) is 15.4. The lowest BCUT2D eigenvalue weighted by atomic mass is 10.1. The van der Waals surface area contributed by atoms with Gasteiger partial charge in [-0.3, -0.25) is 4.79 Å². The molecule has 8 heteroatoms. The van der Waals surface area contributed by atoms with Crippen LogP contribution < -0.4 is 11.1 Å². The fourth-order valence-electron chi connectivity index (χ4n) is 2.37. The van der Waals surface area contributed by atoms with E-state index in [0.29, 0.717) is 5.56 Å². The maximum Gasteiger partial charge on any atom is 0.437 e. The Morgan fingerprint density at radius 1 is 1.23 bits per heavy atom. The third-order valence-electron chi connectivity index (χ3n) is 3.74. The Kier molecular flexibility index (Phi) is 5.32. The number of hydrogen-bond donors (Lipinski definition) is 1. The summed E-state index contributed by atoms with van der Waals surface area (Å²) in [5.74, 6) is -1.50. The number of halogens is 2. The predicted octanol–water partition coefficient (Wildman–Crippen LogP) is 3.28. The highest BCUT2D eigenvalue weighted by molar-refractivity contribution is 9.10. The number of nitrogens with zero attached hydrogens (tertiary/aromatic N) is 2. The molecule has 3 aromatic rings. The van der Waals surface area contributed by atoms with Gasteiger partial charge in [0.25, 0.3) is 0 Å². The van der Waals surface area contributed by atoms with Crippen molar-refractivity contribution < 1.29 is 13.6 Å². The summed E-state index contributed by atoms with van der Waals surface area (Å²) in [6.45, 7) is 1.57. The predicted molar refractivity (Wildman–Crippen MR) is 96.9 cm³/mol. The molecule has 3 rings (SSSR count). The van der Waals surface area contributed by atoms with Crippen molar-refractivity contribution in [2.24, 2.45) is 0 Å². The lowest BCUT2D eigenvalue weighted by Crippen LogP contribution is -2.33. The van der Waals surface area contributed by atoms with Gasteiger partial charge < -0.3 is 9.73 Å². The molecule has 0 fully saturated rings. The van der Waals surface area contributed by atoms with Crippen LogP contribution in [-0.2, 0) is 11.3 Å². The van der Waals surface area contributed by atoms with Gasteiger partial charge in [0.2, 0.25) is 11.8 Å². The molecule has 0 saturated heterocycles. The van der Waals surface area contributed by atoms with Gasteiger partial charge in [-0.15, -0.1) is 5.10 Å². The van der Waals surface area contributed by atoms with Crippen LogP contribution in [0.5, 0.6) is 0 Å². The maximum absolute atomic E-state index is 13.0. The SMILES string of the molecule is CC(NC(=O)Cn1nc(-c2ccc(F)cc2)oc1=O)c1ccc(Br)cc1. The Morgan fingerprint density at radius 3 is 2.54 bits per heavy atom. The van der Waals surface area contributed by atoms with Gasteiger partial charge in [-0.05, 0) is 48.9 Å². The van der Waals surface area contributed by atoms with Gasteiger partial charge in [0.1, 0.15) is 12.4 Å². The van der Waals surface area contributed by atoms with Gasteiger partial charge in [-0.25, -0.2) is 9.18 Å². The van der Waals surface area contributed by atoms with E-state index >= 15 is 0 Å². The minimum atomic E-state index is -0.754. The van der Waals surface area contributed by atoms with Crippen molar-refractivity contribution in [3.8, 4) is 11.5 Å². The third kappa shape index (κ3) is 4.26. The number of nitrogens with one attached hydrogen (secondary N) is 1. The van der Waals surface area contributed by atoms with Crippen molar-refractivity contribution >= 4 is 21.8 Å². The largest absolute Gasteiger partial charge is 0.437 e. The molecule has 0 aliphatic carbocycles. The van der Waals surface area contributed by atoms with E-state index in [1.807, 2.05) is 31.2 Å². The average Bonchev–Trinajstić information content (AvgIpc) is 2.96. The first kappa shape index (κ1) is 18.1. The third-order valence-corrected chi connectivity index (χ3v) is 4.27. The molecule has 1 aromatic heterocycles. The highest BCUT2D eigenvalue weighted by Gasteiger charge is 2.15. The van der Waals surface area contributed by atoms with Crippen molar-refractivity contribution in [1.29, 1.82) is 0 Å². The summed E-state index contributed by atoms with van der Waals surface area (Å²) in [5, 5.41) is 6.79. The summed E-state index contributed by atoms with van der Waals surface area (Å²) in [4.78, 5) is 24.1. The second-order valence-electron chi connectivity index (χ2n) is 5.68. The fraction of sp³-hybridized carbons (Fsp3) is 0.167. The van der Waals surface area contributed by atoms with Crippen LogP contribution in [0.1, 0.15) is 18.5 Å². The smallest absolute Gasteiger partial charge is 0.388 e. The van der Waals surface area contributed by atoms with E-state index in [0.717, 1.165) is 14.7 Å². The van der Waals surface area contributed by atoms with E-state index < -0.39 is 11.6 Å². The van der Waals surface area contributed by atoms with Crippen molar-refractivity contribution in [2.45, 2.75) is 19.5 Å². The van der Waals surface area contributed by atoms with Gasteiger partial charge in [0.05, 0.1) is 6.04 Å². The standard InChI is InChI=1S/C18H15BrFN3O3/c1-11(12-2-6-14(19)7-3-12)21-16(24)10-23-18(25)26-17(22-23)13-4-8-15(20)9-5-13/h2-9,11H,10H2,1H3,(H,21,24). The lowest BCUT2D eigenvalue weighted by molar-refractivity contribution is -0.122. The van der Waals surface area contributed by atoms with Gasteiger partial charge in [0, 0.05) is 10.0 Å². The molecule has 0 saturated carbocycles. The molecule has 1 N–H and O–H groups in total. The Morgan fingerprint density at radius 2 is 1.88 bits per heavy atom. The number of benzene rings is 2. The molecule has 0 spiro atoms. The van der Waals surface area contributed by atoms with Crippen molar-refractivity contribution in [2.75, 3.05) is 0 Å². The summed E-state index contributed by atoms with van der Waals surface area (Å²) < 4.78 is 19.9. The first-order valence-electron chi connectivity index (χ1n) is 7.81. The van der Waals surface area contributed by atoms with Crippen molar-refractivity contribution in [1.82, 2.24) is 15.1 Å². The molecule has 0 aliphatic rings. The van der Waals surface area contributed by atoms with Crippen LogP contribution in [0.3, 0.4) is 0 Å². The van der Waals surface area contributed by atoms with Gasteiger partial charge in [-0.2, -0.15) is 4.68 Å². The van der Waals surface area contributed by atoms with Gasteiger partial charge in [0.15, 0.2) is 0 Å². The molecule has 0 radical (unpaired) electrons. The molecule has 1 unspecified atom stereocenters. The number of rotatable bonds is 5. The van der Waals surface area contributed by atoms with Crippen LogP contribution in [0.15, 0.2) is 62.2 Å². The van der Waals surface area contributed by atoms with Gasteiger partial charge in [-0.1, -0.05) is 28.1 Å². The molecule has 1 amide bonds.